The first-order valence-electron chi connectivity index (χ1n) is 7.07. The number of benzene rings is 2. The molecule has 0 aliphatic carbocycles. The van der Waals surface area contributed by atoms with Crippen LogP contribution < -0.4 is 10.1 Å². The largest absolute Gasteiger partial charge is 0.482 e. The second-order valence-corrected chi connectivity index (χ2v) is 5.69. The van der Waals surface area contributed by atoms with Crippen LogP contribution in [0.15, 0.2) is 42.5 Å². The highest BCUT2D eigenvalue weighted by Crippen LogP contribution is 2.29. The molecule has 0 bridgehead atoms. The van der Waals surface area contributed by atoms with Crippen LogP contribution in [0.2, 0.25) is 5.02 Å². The molecule has 0 saturated carbocycles. The minimum absolute atomic E-state index is 0.0888. The molecular weight excluding hydrogens is 343 g/mol. The highest BCUT2D eigenvalue weighted by molar-refractivity contribution is 6.31. The van der Waals surface area contributed by atoms with E-state index in [0.717, 1.165) is 11.1 Å². The molecule has 0 fully saturated rings. The highest BCUT2D eigenvalue weighted by atomic mass is 35.5. The molecule has 24 heavy (non-hydrogen) atoms. The number of rotatable bonds is 5. The Balaban J connectivity index is 2.08. The molecule has 7 heteroatoms. The number of halogens is 4. The van der Waals surface area contributed by atoms with Gasteiger partial charge in [-0.05, 0) is 30.7 Å². The van der Waals surface area contributed by atoms with E-state index in [2.05, 4.69) is 5.32 Å². The van der Waals surface area contributed by atoms with Gasteiger partial charge in [-0.15, -0.1) is 0 Å². The van der Waals surface area contributed by atoms with Gasteiger partial charge < -0.3 is 10.1 Å². The lowest BCUT2D eigenvalue weighted by Crippen LogP contribution is -2.20. The van der Waals surface area contributed by atoms with Crippen molar-refractivity contribution in [2.45, 2.75) is 19.5 Å². The Bertz CT molecular complexity index is 715. The Kier molecular flexibility index (Phi) is 5.72. The number of hydrogen-bond acceptors (Lipinski definition) is 2. The first-order chi connectivity index (χ1) is 11.2. The third-order valence-electron chi connectivity index (χ3n) is 3.09. The molecule has 128 valence electrons. The first kappa shape index (κ1) is 18.1. The summed E-state index contributed by atoms with van der Waals surface area (Å²) < 4.78 is 41.6. The molecule has 0 heterocycles. The van der Waals surface area contributed by atoms with Crippen LogP contribution >= 0.6 is 11.6 Å². The quantitative estimate of drug-likeness (QED) is 0.837. The van der Waals surface area contributed by atoms with Gasteiger partial charge in [0.2, 0.25) is 5.91 Å². The number of nitrogens with one attached hydrogen (secondary N) is 1. The summed E-state index contributed by atoms with van der Waals surface area (Å²) in [7, 11) is 0. The maximum absolute atomic E-state index is 12.3. The van der Waals surface area contributed by atoms with Gasteiger partial charge in [0.25, 0.3) is 0 Å². The van der Waals surface area contributed by atoms with Gasteiger partial charge in [0.05, 0.1) is 12.1 Å². The van der Waals surface area contributed by atoms with Gasteiger partial charge in [0.1, 0.15) is 5.75 Å². The number of aryl methyl sites for hydroxylation is 1. The zero-order valence-electron chi connectivity index (χ0n) is 12.8. The zero-order chi connectivity index (χ0) is 17.7. The standard InChI is InChI=1S/C17H15ClF3NO2/c1-11-2-4-12(5-3-11)8-16(23)22-14-9-13(18)6-7-15(14)24-10-17(19,20)21/h2-7,9H,8,10H2,1H3,(H,22,23). The van der Waals surface area contributed by atoms with Crippen molar-refractivity contribution in [2.75, 3.05) is 11.9 Å². The number of amides is 1. The van der Waals surface area contributed by atoms with E-state index in [1.54, 1.807) is 0 Å². The lowest BCUT2D eigenvalue weighted by Gasteiger charge is -2.14. The lowest BCUT2D eigenvalue weighted by molar-refractivity contribution is -0.153. The summed E-state index contributed by atoms with van der Waals surface area (Å²) in [6, 6.07) is 11.4. The Hall–Kier alpha value is -2.21. The molecule has 0 atom stereocenters. The SMILES string of the molecule is Cc1ccc(CC(=O)Nc2cc(Cl)ccc2OCC(F)(F)F)cc1. The predicted molar refractivity (Wildman–Crippen MR) is 86.5 cm³/mol. The van der Waals surface area contributed by atoms with Crippen molar-refractivity contribution in [3.63, 3.8) is 0 Å². The van der Waals surface area contributed by atoms with E-state index in [9.17, 15) is 18.0 Å². The van der Waals surface area contributed by atoms with Gasteiger partial charge in [0.15, 0.2) is 6.61 Å². The molecule has 0 spiro atoms. The Morgan fingerprint density at radius 1 is 1.17 bits per heavy atom. The molecule has 2 rings (SSSR count). The molecule has 2 aromatic carbocycles. The van der Waals surface area contributed by atoms with E-state index >= 15 is 0 Å². The van der Waals surface area contributed by atoms with Crippen molar-refractivity contribution < 1.29 is 22.7 Å². The Morgan fingerprint density at radius 3 is 2.46 bits per heavy atom. The summed E-state index contributed by atoms with van der Waals surface area (Å²) in [5, 5.41) is 2.81. The topological polar surface area (TPSA) is 38.3 Å². The normalized spacial score (nSPS) is 11.2. The van der Waals surface area contributed by atoms with Gasteiger partial charge in [0, 0.05) is 5.02 Å². The van der Waals surface area contributed by atoms with Gasteiger partial charge >= 0.3 is 6.18 Å². The molecule has 2 aromatic rings. The fraction of sp³-hybridized carbons (Fsp3) is 0.235. The fourth-order valence-corrected chi connectivity index (χ4v) is 2.14. The van der Waals surface area contributed by atoms with Crippen LogP contribution in [0.5, 0.6) is 5.75 Å². The van der Waals surface area contributed by atoms with E-state index < -0.39 is 12.8 Å². The highest BCUT2D eigenvalue weighted by Gasteiger charge is 2.29. The van der Waals surface area contributed by atoms with E-state index in [1.807, 2.05) is 31.2 Å². The van der Waals surface area contributed by atoms with Crippen LogP contribution in [0.3, 0.4) is 0 Å². The van der Waals surface area contributed by atoms with Crippen molar-refractivity contribution in [1.82, 2.24) is 0 Å². The molecule has 0 radical (unpaired) electrons. The van der Waals surface area contributed by atoms with Crippen LogP contribution in [-0.4, -0.2) is 18.7 Å². The third-order valence-corrected chi connectivity index (χ3v) is 3.33. The molecule has 0 aliphatic heterocycles. The summed E-state index contributed by atoms with van der Waals surface area (Å²) in [6.07, 6.45) is -4.38. The van der Waals surface area contributed by atoms with E-state index in [0.29, 0.717) is 0 Å². The van der Waals surface area contributed by atoms with Crippen LogP contribution in [0.25, 0.3) is 0 Å². The molecule has 1 amide bonds. The molecule has 3 nitrogen and oxygen atoms in total. The Labute approximate surface area is 142 Å². The second-order valence-electron chi connectivity index (χ2n) is 5.25. The lowest BCUT2D eigenvalue weighted by atomic mass is 10.1. The zero-order valence-corrected chi connectivity index (χ0v) is 13.5. The van der Waals surface area contributed by atoms with Crippen molar-refractivity contribution in [2.24, 2.45) is 0 Å². The maximum atomic E-state index is 12.3. The molecular formula is C17H15ClF3NO2. The Morgan fingerprint density at radius 2 is 1.83 bits per heavy atom. The summed E-state index contributed by atoms with van der Waals surface area (Å²) in [5.74, 6) is -0.466. The van der Waals surface area contributed by atoms with Crippen molar-refractivity contribution in [1.29, 1.82) is 0 Å². The number of ether oxygens (including phenoxy) is 1. The van der Waals surface area contributed by atoms with Crippen LogP contribution in [-0.2, 0) is 11.2 Å². The molecule has 0 unspecified atom stereocenters. The van der Waals surface area contributed by atoms with Crippen molar-refractivity contribution in [3.05, 3.63) is 58.6 Å². The molecule has 1 N–H and O–H groups in total. The summed E-state index contributed by atoms with van der Waals surface area (Å²) in [5.41, 5.74) is 1.96. The van der Waals surface area contributed by atoms with Crippen molar-refractivity contribution >= 4 is 23.2 Å². The van der Waals surface area contributed by atoms with Crippen LogP contribution in [0.1, 0.15) is 11.1 Å². The molecule has 0 saturated heterocycles. The van der Waals surface area contributed by atoms with Crippen LogP contribution in [0.4, 0.5) is 18.9 Å². The van der Waals surface area contributed by atoms with E-state index in [1.165, 1.54) is 18.2 Å². The first-order valence-corrected chi connectivity index (χ1v) is 7.45. The minimum Gasteiger partial charge on any atom is -0.482 e. The fourth-order valence-electron chi connectivity index (χ4n) is 1.97. The second kappa shape index (κ2) is 7.57. The minimum atomic E-state index is -4.47. The van der Waals surface area contributed by atoms with Crippen LogP contribution in [0, 0.1) is 6.92 Å². The van der Waals surface area contributed by atoms with E-state index in [-0.39, 0.29) is 28.8 Å². The van der Waals surface area contributed by atoms with Gasteiger partial charge in [-0.3, -0.25) is 4.79 Å². The number of carbonyl (C=O) groups is 1. The number of anilines is 1. The number of hydrogen-bond donors (Lipinski definition) is 1. The average Bonchev–Trinajstić information content (AvgIpc) is 2.48. The predicted octanol–water partition coefficient (Wildman–Crippen LogP) is 4.77. The number of alkyl halides is 3. The summed E-state index contributed by atoms with van der Waals surface area (Å²) >= 11 is 5.84. The monoisotopic (exact) mass is 357 g/mol. The summed E-state index contributed by atoms with van der Waals surface area (Å²) in [6.45, 7) is 0.482. The van der Waals surface area contributed by atoms with Gasteiger partial charge in [-0.1, -0.05) is 41.4 Å². The average molecular weight is 358 g/mol. The van der Waals surface area contributed by atoms with E-state index in [4.69, 9.17) is 16.3 Å². The third kappa shape index (κ3) is 5.77. The smallest absolute Gasteiger partial charge is 0.422 e. The molecule has 0 aliphatic rings. The van der Waals surface area contributed by atoms with Gasteiger partial charge in [-0.2, -0.15) is 13.2 Å². The van der Waals surface area contributed by atoms with Crippen molar-refractivity contribution in [3.8, 4) is 5.75 Å². The van der Waals surface area contributed by atoms with Gasteiger partial charge in [-0.25, -0.2) is 0 Å². The maximum Gasteiger partial charge on any atom is 0.422 e. The summed E-state index contributed by atoms with van der Waals surface area (Å²) in [4.78, 5) is 12.1. The molecule has 0 aromatic heterocycles. The number of carbonyl (C=O) groups excluding carboxylic acids is 1.